The summed E-state index contributed by atoms with van der Waals surface area (Å²) in [6, 6.07) is -0.888. The molecule has 0 aliphatic heterocycles. The molecule has 0 aromatic heterocycles. The summed E-state index contributed by atoms with van der Waals surface area (Å²) in [6.45, 7) is 0.159. The van der Waals surface area contributed by atoms with Crippen LogP contribution in [-0.4, -0.2) is 29.8 Å². The van der Waals surface area contributed by atoms with Crippen molar-refractivity contribution in [3.05, 3.63) is 0 Å². The third-order valence-electron chi connectivity index (χ3n) is 2.17. The van der Waals surface area contributed by atoms with Gasteiger partial charge in [-0.05, 0) is 12.8 Å². The molecule has 0 amide bonds. The van der Waals surface area contributed by atoms with E-state index in [0.717, 1.165) is 12.8 Å². The van der Waals surface area contributed by atoms with Crippen molar-refractivity contribution in [2.45, 2.75) is 37.8 Å². The number of nitrogens with one attached hydrogen (secondary N) is 1. The molecule has 1 rings (SSSR count). The zero-order chi connectivity index (χ0) is 9.68. The number of carbonyl (C=O) groups is 1. The molecule has 0 aromatic carbocycles. The second-order valence-electron chi connectivity index (χ2n) is 3.32. The SMILES string of the molecule is NC(CNOC1CCCC1)C(=O)O. The van der Waals surface area contributed by atoms with Gasteiger partial charge in [-0.3, -0.25) is 9.63 Å². The largest absolute Gasteiger partial charge is 0.480 e. The second kappa shape index (κ2) is 5.16. The molecule has 1 unspecified atom stereocenters. The van der Waals surface area contributed by atoms with Crippen molar-refractivity contribution in [1.29, 1.82) is 0 Å². The molecule has 5 heteroatoms. The van der Waals surface area contributed by atoms with Crippen molar-refractivity contribution < 1.29 is 14.7 Å². The van der Waals surface area contributed by atoms with E-state index in [1.54, 1.807) is 0 Å². The smallest absolute Gasteiger partial charge is 0.321 e. The highest BCUT2D eigenvalue weighted by Gasteiger charge is 2.17. The number of nitrogens with two attached hydrogens (primary N) is 1. The Morgan fingerprint density at radius 1 is 1.62 bits per heavy atom. The molecule has 1 aliphatic rings. The maximum Gasteiger partial charge on any atom is 0.321 e. The Bertz CT molecular complexity index is 169. The van der Waals surface area contributed by atoms with Crippen LogP contribution in [0.5, 0.6) is 0 Å². The number of carboxylic acids is 1. The fraction of sp³-hybridized carbons (Fsp3) is 0.875. The summed E-state index contributed by atoms with van der Waals surface area (Å²) in [5, 5.41) is 8.45. The lowest BCUT2D eigenvalue weighted by molar-refractivity contribution is -0.139. The molecule has 1 atom stereocenters. The molecule has 0 bridgehead atoms. The second-order valence-corrected chi connectivity index (χ2v) is 3.32. The average molecular weight is 188 g/mol. The van der Waals surface area contributed by atoms with Crippen LogP contribution >= 0.6 is 0 Å². The third-order valence-corrected chi connectivity index (χ3v) is 2.17. The summed E-state index contributed by atoms with van der Waals surface area (Å²) in [6.07, 6.45) is 4.72. The van der Waals surface area contributed by atoms with E-state index >= 15 is 0 Å². The summed E-state index contributed by atoms with van der Waals surface area (Å²) in [5.74, 6) is -1.01. The highest BCUT2D eigenvalue weighted by molar-refractivity contribution is 5.73. The van der Waals surface area contributed by atoms with Crippen LogP contribution in [0.4, 0.5) is 0 Å². The van der Waals surface area contributed by atoms with Crippen LogP contribution in [0.3, 0.4) is 0 Å². The van der Waals surface area contributed by atoms with E-state index in [0.29, 0.717) is 0 Å². The Labute approximate surface area is 77.2 Å². The van der Waals surface area contributed by atoms with Gasteiger partial charge >= 0.3 is 5.97 Å². The molecule has 0 radical (unpaired) electrons. The number of aliphatic carboxylic acids is 1. The molecule has 0 heterocycles. The van der Waals surface area contributed by atoms with Gasteiger partial charge in [-0.25, -0.2) is 5.48 Å². The molecule has 5 nitrogen and oxygen atoms in total. The minimum atomic E-state index is -1.01. The molecule has 13 heavy (non-hydrogen) atoms. The van der Waals surface area contributed by atoms with Crippen LogP contribution < -0.4 is 11.2 Å². The van der Waals surface area contributed by atoms with Gasteiger partial charge in [0, 0.05) is 6.54 Å². The Kier molecular flexibility index (Phi) is 4.14. The molecule has 1 saturated carbocycles. The van der Waals surface area contributed by atoms with Gasteiger partial charge in [0.25, 0.3) is 0 Å². The van der Waals surface area contributed by atoms with E-state index in [4.69, 9.17) is 15.7 Å². The molecule has 76 valence electrons. The third kappa shape index (κ3) is 3.71. The number of rotatable bonds is 5. The van der Waals surface area contributed by atoms with Crippen molar-refractivity contribution in [2.24, 2.45) is 5.73 Å². The van der Waals surface area contributed by atoms with Crippen LogP contribution in [0, 0.1) is 0 Å². The normalized spacial score (nSPS) is 20.4. The van der Waals surface area contributed by atoms with Crippen LogP contribution in [0.1, 0.15) is 25.7 Å². The van der Waals surface area contributed by atoms with Crippen LogP contribution in [0.25, 0.3) is 0 Å². The first kappa shape index (κ1) is 10.4. The Morgan fingerprint density at radius 2 is 2.23 bits per heavy atom. The topological polar surface area (TPSA) is 84.6 Å². The minimum Gasteiger partial charge on any atom is -0.480 e. The first-order valence-corrected chi connectivity index (χ1v) is 4.57. The number of hydrogen-bond acceptors (Lipinski definition) is 4. The zero-order valence-electron chi connectivity index (χ0n) is 7.53. The van der Waals surface area contributed by atoms with E-state index in [1.165, 1.54) is 12.8 Å². The predicted molar refractivity (Wildman–Crippen MR) is 47.0 cm³/mol. The van der Waals surface area contributed by atoms with Crippen molar-refractivity contribution in [1.82, 2.24) is 5.48 Å². The van der Waals surface area contributed by atoms with E-state index in [9.17, 15) is 4.79 Å². The van der Waals surface area contributed by atoms with Crippen molar-refractivity contribution >= 4 is 5.97 Å². The van der Waals surface area contributed by atoms with Gasteiger partial charge in [-0.1, -0.05) is 12.8 Å². The molecular formula is C8H16N2O3. The average Bonchev–Trinajstić information content (AvgIpc) is 2.56. The summed E-state index contributed by atoms with van der Waals surface area (Å²) < 4.78 is 0. The van der Waals surface area contributed by atoms with Gasteiger partial charge in [-0.2, -0.15) is 0 Å². The van der Waals surface area contributed by atoms with Crippen LogP contribution in [-0.2, 0) is 9.63 Å². The lowest BCUT2D eigenvalue weighted by atomic mass is 10.3. The van der Waals surface area contributed by atoms with Gasteiger partial charge in [0.1, 0.15) is 6.04 Å². The molecular weight excluding hydrogens is 172 g/mol. The van der Waals surface area contributed by atoms with Crippen molar-refractivity contribution in [3.63, 3.8) is 0 Å². The first-order chi connectivity index (χ1) is 6.20. The fourth-order valence-corrected chi connectivity index (χ4v) is 1.35. The highest BCUT2D eigenvalue weighted by atomic mass is 16.7. The quantitative estimate of drug-likeness (QED) is 0.523. The van der Waals surface area contributed by atoms with E-state index in [1.807, 2.05) is 0 Å². The highest BCUT2D eigenvalue weighted by Crippen LogP contribution is 2.19. The van der Waals surface area contributed by atoms with Gasteiger partial charge in [0.05, 0.1) is 6.10 Å². The first-order valence-electron chi connectivity index (χ1n) is 4.57. The molecule has 4 N–H and O–H groups in total. The number of hydrogen-bond donors (Lipinski definition) is 3. The predicted octanol–water partition coefficient (Wildman–Crippen LogP) is -0.138. The Morgan fingerprint density at radius 3 is 2.77 bits per heavy atom. The lowest BCUT2D eigenvalue weighted by Gasteiger charge is -2.12. The lowest BCUT2D eigenvalue weighted by Crippen LogP contribution is -2.41. The van der Waals surface area contributed by atoms with E-state index < -0.39 is 12.0 Å². The van der Waals surface area contributed by atoms with Crippen molar-refractivity contribution in [2.75, 3.05) is 6.54 Å². The van der Waals surface area contributed by atoms with Gasteiger partial charge in [0.2, 0.25) is 0 Å². The van der Waals surface area contributed by atoms with Gasteiger partial charge < -0.3 is 10.8 Å². The molecule has 0 saturated heterocycles. The number of hydroxylamine groups is 1. The molecule has 0 aromatic rings. The van der Waals surface area contributed by atoms with Crippen LogP contribution in [0.2, 0.25) is 0 Å². The van der Waals surface area contributed by atoms with Crippen molar-refractivity contribution in [3.8, 4) is 0 Å². The van der Waals surface area contributed by atoms with E-state index in [2.05, 4.69) is 5.48 Å². The zero-order valence-corrected chi connectivity index (χ0v) is 7.53. The molecule has 0 spiro atoms. The summed E-state index contributed by atoms with van der Waals surface area (Å²) in [4.78, 5) is 15.5. The minimum absolute atomic E-state index is 0.159. The molecule has 1 fully saturated rings. The monoisotopic (exact) mass is 188 g/mol. The van der Waals surface area contributed by atoms with Crippen LogP contribution in [0.15, 0.2) is 0 Å². The standard InChI is InChI=1S/C8H16N2O3/c9-7(8(11)12)5-10-13-6-3-1-2-4-6/h6-7,10H,1-5,9H2,(H,11,12). The maximum atomic E-state index is 10.3. The summed E-state index contributed by atoms with van der Waals surface area (Å²) in [7, 11) is 0. The molecule has 1 aliphatic carbocycles. The summed E-state index contributed by atoms with van der Waals surface area (Å²) >= 11 is 0. The Balaban J connectivity index is 2.02. The number of carboxylic acid groups (broad SMARTS) is 1. The maximum absolute atomic E-state index is 10.3. The fourth-order valence-electron chi connectivity index (χ4n) is 1.35. The van der Waals surface area contributed by atoms with E-state index in [-0.39, 0.29) is 12.6 Å². The van der Waals surface area contributed by atoms with Gasteiger partial charge in [-0.15, -0.1) is 0 Å². The Hall–Kier alpha value is -0.650. The summed E-state index contributed by atoms with van der Waals surface area (Å²) in [5.41, 5.74) is 7.86. The van der Waals surface area contributed by atoms with Gasteiger partial charge in [0.15, 0.2) is 0 Å².